The van der Waals surface area contributed by atoms with E-state index in [1.165, 1.54) is 25.7 Å². The van der Waals surface area contributed by atoms with Gasteiger partial charge in [0.1, 0.15) is 0 Å². The second-order valence-corrected chi connectivity index (χ2v) is 8.85. The van der Waals surface area contributed by atoms with E-state index in [0.717, 1.165) is 30.6 Å². The normalized spacial score (nSPS) is 17.5. The van der Waals surface area contributed by atoms with Gasteiger partial charge in [0.05, 0.1) is 0 Å². The van der Waals surface area contributed by atoms with E-state index in [9.17, 15) is 9.59 Å². The molecule has 0 unspecified atom stereocenters. The van der Waals surface area contributed by atoms with E-state index in [1.807, 2.05) is 36.1 Å². The Morgan fingerprint density at radius 2 is 1.65 bits per heavy atom. The maximum atomic E-state index is 13.3. The molecule has 2 aromatic rings. The third kappa shape index (κ3) is 5.88. The van der Waals surface area contributed by atoms with E-state index in [-0.39, 0.29) is 23.8 Å². The second-order valence-electron chi connectivity index (χ2n) is 8.41. The quantitative estimate of drug-likeness (QED) is 0.438. The van der Waals surface area contributed by atoms with E-state index in [2.05, 4.69) is 12.2 Å². The first-order chi connectivity index (χ1) is 15.0. The molecule has 4 nitrogen and oxygen atoms in total. The minimum Gasteiger partial charge on any atom is -0.356 e. The predicted octanol–water partition coefficient (Wildman–Crippen LogP) is 6.34. The molecule has 166 valence electrons. The molecule has 0 saturated carbocycles. The minimum absolute atomic E-state index is 0.0167. The van der Waals surface area contributed by atoms with Crippen LogP contribution in [0.5, 0.6) is 0 Å². The summed E-state index contributed by atoms with van der Waals surface area (Å²) in [4.78, 5) is 27.7. The van der Waals surface area contributed by atoms with Crippen LogP contribution in [0.4, 0.5) is 5.69 Å². The van der Waals surface area contributed by atoms with E-state index < -0.39 is 0 Å². The lowest BCUT2D eigenvalue weighted by Gasteiger charge is -2.25. The lowest BCUT2D eigenvalue weighted by molar-refractivity contribution is -0.121. The van der Waals surface area contributed by atoms with Crippen LogP contribution in [-0.2, 0) is 4.79 Å². The number of fused-ring (bicyclic) bond motifs is 1. The molecule has 0 aliphatic carbocycles. The number of carbonyl (C=O) groups is 2. The highest BCUT2D eigenvalue weighted by atomic mass is 35.5. The summed E-state index contributed by atoms with van der Waals surface area (Å²) in [5.41, 5.74) is 2.55. The van der Waals surface area contributed by atoms with Gasteiger partial charge in [0.2, 0.25) is 5.91 Å². The molecule has 0 aromatic heterocycles. The molecule has 0 bridgehead atoms. The molecule has 31 heavy (non-hydrogen) atoms. The van der Waals surface area contributed by atoms with Gasteiger partial charge in [-0.25, -0.2) is 0 Å². The molecule has 1 N–H and O–H groups in total. The van der Waals surface area contributed by atoms with E-state index in [1.54, 1.807) is 24.3 Å². The van der Waals surface area contributed by atoms with Gasteiger partial charge in [-0.15, -0.1) is 0 Å². The predicted molar refractivity (Wildman–Crippen MR) is 128 cm³/mol. The smallest absolute Gasteiger partial charge is 0.258 e. The number of rotatable bonds is 10. The number of halogens is 1. The van der Waals surface area contributed by atoms with Crippen molar-refractivity contribution in [3.63, 3.8) is 0 Å². The van der Waals surface area contributed by atoms with Crippen molar-refractivity contribution in [1.29, 1.82) is 0 Å². The molecule has 3 rings (SSSR count). The second kappa shape index (κ2) is 11.3. The van der Waals surface area contributed by atoms with Crippen molar-refractivity contribution in [2.75, 3.05) is 11.4 Å². The average Bonchev–Trinajstić information content (AvgIpc) is 3.04. The Morgan fingerprint density at radius 3 is 2.39 bits per heavy atom. The SMILES string of the molecule is CCCCCCCCNC(=O)C[C@H]1c2ccccc2N(C(=O)c2ccc(Cl)cc2)[C@H]1C. The van der Waals surface area contributed by atoms with Crippen LogP contribution >= 0.6 is 11.6 Å². The van der Waals surface area contributed by atoms with Gasteiger partial charge in [0, 0.05) is 41.2 Å². The molecule has 0 radical (unpaired) electrons. The molecule has 2 amide bonds. The van der Waals surface area contributed by atoms with Crippen LogP contribution < -0.4 is 10.2 Å². The zero-order valence-electron chi connectivity index (χ0n) is 18.6. The van der Waals surface area contributed by atoms with Gasteiger partial charge in [-0.05, 0) is 49.2 Å². The highest BCUT2D eigenvalue weighted by molar-refractivity contribution is 6.30. The van der Waals surface area contributed by atoms with Gasteiger partial charge in [0.25, 0.3) is 5.91 Å². The summed E-state index contributed by atoms with van der Waals surface area (Å²) in [5.74, 6) is -0.0235. The van der Waals surface area contributed by atoms with Crippen LogP contribution in [-0.4, -0.2) is 24.4 Å². The molecule has 2 atom stereocenters. The molecule has 0 spiro atoms. The van der Waals surface area contributed by atoms with Gasteiger partial charge in [-0.2, -0.15) is 0 Å². The Morgan fingerprint density at radius 1 is 0.968 bits per heavy atom. The van der Waals surface area contributed by atoms with Crippen molar-refractivity contribution >= 4 is 29.1 Å². The van der Waals surface area contributed by atoms with Crippen molar-refractivity contribution in [2.24, 2.45) is 0 Å². The van der Waals surface area contributed by atoms with Crippen molar-refractivity contribution in [2.45, 2.75) is 70.8 Å². The van der Waals surface area contributed by atoms with E-state index in [0.29, 0.717) is 17.0 Å². The molecule has 1 heterocycles. The fraction of sp³-hybridized carbons (Fsp3) is 0.462. The van der Waals surface area contributed by atoms with Crippen molar-refractivity contribution in [3.05, 3.63) is 64.7 Å². The number of para-hydroxylation sites is 1. The van der Waals surface area contributed by atoms with Crippen molar-refractivity contribution in [1.82, 2.24) is 5.32 Å². The number of amides is 2. The van der Waals surface area contributed by atoms with Crippen LogP contribution in [0.15, 0.2) is 48.5 Å². The number of hydrogen-bond acceptors (Lipinski definition) is 2. The first-order valence-electron chi connectivity index (χ1n) is 11.5. The molecule has 1 aliphatic rings. The largest absolute Gasteiger partial charge is 0.356 e. The summed E-state index contributed by atoms with van der Waals surface area (Å²) in [6.07, 6.45) is 7.61. The van der Waals surface area contributed by atoms with Crippen molar-refractivity contribution in [3.8, 4) is 0 Å². The Labute approximate surface area is 191 Å². The number of nitrogens with zero attached hydrogens (tertiary/aromatic N) is 1. The fourth-order valence-corrected chi connectivity index (χ4v) is 4.52. The number of anilines is 1. The van der Waals surface area contributed by atoms with Crippen LogP contribution in [0.2, 0.25) is 5.02 Å². The van der Waals surface area contributed by atoms with Crippen LogP contribution in [0, 0.1) is 0 Å². The first kappa shape index (κ1) is 23.3. The van der Waals surface area contributed by atoms with Gasteiger partial charge in [0.15, 0.2) is 0 Å². The Balaban J connectivity index is 1.62. The Bertz CT molecular complexity index is 881. The first-order valence-corrected chi connectivity index (χ1v) is 11.9. The monoisotopic (exact) mass is 440 g/mol. The fourth-order valence-electron chi connectivity index (χ4n) is 4.39. The molecule has 0 fully saturated rings. The maximum Gasteiger partial charge on any atom is 0.258 e. The molecule has 5 heteroatoms. The molecule has 1 aliphatic heterocycles. The van der Waals surface area contributed by atoms with Gasteiger partial charge in [-0.1, -0.05) is 68.8 Å². The molecular weight excluding hydrogens is 408 g/mol. The minimum atomic E-state index is -0.0969. The van der Waals surface area contributed by atoms with Crippen LogP contribution in [0.25, 0.3) is 0 Å². The summed E-state index contributed by atoms with van der Waals surface area (Å²) in [5, 5.41) is 3.68. The van der Waals surface area contributed by atoms with E-state index in [4.69, 9.17) is 11.6 Å². The zero-order chi connectivity index (χ0) is 22.2. The lowest BCUT2D eigenvalue weighted by Crippen LogP contribution is -2.38. The molecular formula is C26H33ClN2O2. The number of carbonyl (C=O) groups excluding carboxylic acids is 2. The third-order valence-electron chi connectivity index (χ3n) is 6.15. The number of unbranched alkanes of at least 4 members (excludes halogenated alkanes) is 5. The Hall–Kier alpha value is -2.33. The van der Waals surface area contributed by atoms with E-state index >= 15 is 0 Å². The van der Waals surface area contributed by atoms with Crippen LogP contribution in [0.1, 0.15) is 80.6 Å². The van der Waals surface area contributed by atoms with Crippen molar-refractivity contribution < 1.29 is 9.59 Å². The summed E-state index contributed by atoms with van der Waals surface area (Å²) in [6, 6.07) is 14.8. The summed E-state index contributed by atoms with van der Waals surface area (Å²) < 4.78 is 0. The average molecular weight is 441 g/mol. The number of hydrogen-bond donors (Lipinski definition) is 1. The Kier molecular flexibility index (Phi) is 8.53. The zero-order valence-corrected chi connectivity index (χ0v) is 19.3. The van der Waals surface area contributed by atoms with Gasteiger partial charge in [-0.3, -0.25) is 9.59 Å². The third-order valence-corrected chi connectivity index (χ3v) is 6.41. The highest BCUT2D eigenvalue weighted by Gasteiger charge is 2.39. The molecule has 0 saturated heterocycles. The maximum absolute atomic E-state index is 13.3. The lowest BCUT2D eigenvalue weighted by atomic mass is 9.92. The summed E-state index contributed by atoms with van der Waals surface area (Å²) in [7, 11) is 0. The standard InChI is InChI=1S/C26H33ClN2O2/c1-3-4-5-6-7-10-17-28-25(30)18-23-19(2)29(24-12-9-8-11-22(23)24)26(31)20-13-15-21(27)16-14-20/h8-9,11-16,19,23H,3-7,10,17-18H2,1-2H3,(H,28,30)/t19-,23+/m0/s1. The molecule has 2 aromatic carbocycles. The summed E-state index contributed by atoms with van der Waals surface area (Å²) in [6.45, 7) is 4.97. The topological polar surface area (TPSA) is 49.4 Å². The number of benzene rings is 2. The summed E-state index contributed by atoms with van der Waals surface area (Å²) >= 11 is 5.98. The highest BCUT2D eigenvalue weighted by Crippen LogP contribution is 2.43. The number of nitrogens with one attached hydrogen (secondary N) is 1. The van der Waals surface area contributed by atoms with Crippen LogP contribution in [0.3, 0.4) is 0 Å². The van der Waals surface area contributed by atoms with Gasteiger partial charge < -0.3 is 10.2 Å². The van der Waals surface area contributed by atoms with Gasteiger partial charge >= 0.3 is 0 Å².